The summed E-state index contributed by atoms with van der Waals surface area (Å²) in [5.41, 5.74) is 2.15. The number of carboxylic acids is 1. The molecule has 6 nitrogen and oxygen atoms in total. The molecule has 21 heavy (non-hydrogen) atoms. The summed E-state index contributed by atoms with van der Waals surface area (Å²) in [5.74, 6) is -1.22. The van der Waals surface area contributed by atoms with Crippen molar-refractivity contribution in [3.63, 3.8) is 0 Å². The number of hydrogen-bond donors (Lipinski definition) is 2. The number of pyridine rings is 1. The maximum Gasteiger partial charge on any atom is 0.355 e. The van der Waals surface area contributed by atoms with E-state index in [1.54, 1.807) is 19.1 Å². The van der Waals surface area contributed by atoms with E-state index in [-0.39, 0.29) is 11.6 Å². The van der Waals surface area contributed by atoms with Crippen LogP contribution >= 0.6 is 11.3 Å². The Morgan fingerprint density at radius 2 is 2.05 bits per heavy atom. The minimum atomic E-state index is -1.04. The van der Waals surface area contributed by atoms with Gasteiger partial charge in [0.1, 0.15) is 0 Å². The maximum absolute atomic E-state index is 12.0. The molecule has 0 unspecified atom stereocenters. The Kier molecular flexibility index (Phi) is 4.64. The second-order valence-electron chi connectivity index (χ2n) is 4.52. The molecule has 2 aromatic heterocycles. The van der Waals surface area contributed by atoms with E-state index in [9.17, 15) is 9.59 Å². The van der Waals surface area contributed by atoms with Gasteiger partial charge in [-0.2, -0.15) is 0 Å². The Morgan fingerprint density at radius 1 is 1.29 bits per heavy atom. The first kappa shape index (κ1) is 15.1. The van der Waals surface area contributed by atoms with E-state index in [0.717, 1.165) is 5.69 Å². The van der Waals surface area contributed by atoms with Crippen LogP contribution in [0.3, 0.4) is 0 Å². The van der Waals surface area contributed by atoms with Crippen molar-refractivity contribution in [1.29, 1.82) is 0 Å². The molecule has 0 aliphatic heterocycles. The Labute approximate surface area is 125 Å². The lowest BCUT2D eigenvalue weighted by atomic mass is 10.1. The summed E-state index contributed by atoms with van der Waals surface area (Å²) in [5, 5.41) is 13.7. The lowest BCUT2D eigenvalue weighted by Gasteiger charge is -2.07. The molecule has 2 rings (SSSR count). The molecule has 110 valence electrons. The fourth-order valence-electron chi connectivity index (χ4n) is 1.83. The van der Waals surface area contributed by atoms with Crippen LogP contribution in [0.4, 0.5) is 0 Å². The van der Waals surface area contributed by atoms with Gasteiger partial charge in [-0.1, -0.05) is 0 Å². The van der Waals surface area contributed by atoms with Crippen LogP contribution in [0.15, 0.2) is 17.5 Å². The molecule has 0 aliphatic rings. The Hall–Kier alpha value is -2.28. The van der Waals surface area contributed by atoms with Crippen LogP contribution in [0.1, 0.15) is 37.2 Å². The van der Waals surface area contributed by atoms with Crippen molar-refractivity contribution < 1.29 is 14.7 Å². The number of thiazole rings is 1. The summed E-state index contributed by atoms with van der Waals surface area (Å²) in [6.07, 6.45) is 0.502. The average Bonchev–Trinajstić information content (AvgIpc) is 2.87. The average molecular weight is 305 g/mol. The summed E-state index contributed by atoms with van der Waals surface area (Å²) in [4.78, 5) is 30.9. The van der Waals surface area contributed by atoms with Crippen molar-refractivity contribution in [2.24, 2.45) is 0 Å². The molecule has 0 saturated carbocycles. The van der Waals surface area contributed by atoms with Crippen molar-refractivity contribution in [2.45, 2.75) is 20.3 Å². The van der Waals surface area contributed by atoms with Gasteiger partial charge < -0.3 is 10.4 Å². The van der Waals surface area contributed by atoms with Crippen molar-refractivity contribution in [1.82, 2.24) is 15.3 Å². The highest BCUT2D eigenvalue weighted by atomic mass is 32.1. The maximum atomic E-state index is 12.0. The quantitative estimate of drug-likeness (QED) is 0.879. The lowest BCUT2D eigenvalue weighted by Crippen LogP contribution is -2.26. The zero-order chi connectivity index (χ0) is 15.4. The number of aromatic carboxylic acids is 1. The number of hydrogen-bond acceptors (Lipinski definition) is 5. The van der Waals surface area contributed by atoms with Gasteiger partial charge in [-0.3, -0.25) is 9.78 Å². The predicted molar refractivity (Wildman–Crippen MR) is 78.8 cm³/mol. The molecule has 2 N–H and O–H groups in total. The summed E-state index contributed by atoms with van der Waals surface area (Å²) < 4.78 is 0. The monoisotopic (exact) mass is 305 g/mol. The number of carboxylic acid groups (broad SMARTS) is 1. The van der Waals surface area contributed by atoms with E-state index in [2.05, 4.69) is 15.3 Å². The van der Waals surface area contributed by atoms with Crippen LogP contribution in [0, 0.1) is 13.8 Å². The highest BCUT2D eigenvalue weighted by molar-refractivity contribution is 7.09. The lowest BCUT2D eigenvalue weighted by molar-refractivity contribution is 0.0690. The van der Waals surface area contributed by atoms with E-state index in [0.29, 0.717) is 29.2 Å². The van der Waals surface area contributed by atoms with Gasteiger partial charge in [0.05, 0.1) is 16.3 Å². The molecule has 0 atom stereocenters. The Bertz CT molecular complexity index is 682. The van der Waals surface area contributed by atoms with Crippen LogP contribution in [0.5, 0.6) is 0 Å². The van der Waals surface area contributed by atoms with E-state index in [1.807, 2.05) is 6.92 Å². The molecular weight excluding hydrogens is 290 g/mol. The van der Waals surface area contributed by atoms with Gasteiger partial charge in [-0.05, 0) is 26.0 Å². The van der Waals surface area contributed by atoms with E-state index < -0.39 is 5.97 Å². The highest BCUT2D eigenvalue weighted by Crippen LogP contribution is 2.10. The molecule has 2 aromatic rings. The van der Waals surface area contributed by atoms with E-state index >= 15 is 0 Å². The van der Waals surface area contributed by atoms with Crippen molar-refractivity contribution in [2.75, 3.05) is 6.54 Å². The van der Waals surface area contributed by atoms with Gasteiger partial charge in [-0.15, -0.1) is 11.3 Å². The molecular formula is C14H15N3O3S. The SMILES string of the molecule is Cc1ccc(C(=O)NCCc2nc(C(=O)O)cs2)c(C)n1. The van der Waals surface area contributed by atoms with Gasteiger partial charge in [-0.25, -0.2) is 9.78 Å². The molecule has 0 aliphatic carbocycles. The number of carbonyl (C=O) groups is 2. The van der Waals surface area contributed by atoms with Crippen molar-refractivity contribution in [3.8, 4) is 0 Å². The number of carbonyl (C=O) groups excluding carboxylic acids is 1. The van der Waals surface area contributed by atoms with Gasteiger partial charge in [0, 0.05) is 24.0 Å². The second-order valence-corrected chi connectivity index (χ2v) is 5.47. The van der Waals surface area contributed by atoms with E-state index in [4.69, 9.17) is 5.11 Å². The normalized spacial score (nSPS) is 10.4. The molecule has 0 aromatic carbocycles. The topological polar surface area (TPSA) is 92.2 Å². The fraction of sp³-hybridized carbons (Fsp3) is 0.286. The van der Waals surface area contributed by atoms with Gasteiger partial charge in [0.15, 0.2) is 5.69 Å². The molecule has 0 fully saturated rings. The largest absolute Gasteiger partial charge is 0.476 e. The third-order valence-electron chi connectivity index (χ3n) is 2.86. The summed E-state index contributed by atoms with van der Waals surface area (Å²) >= 11 is 1.27. The van der Waals surface area contributed by atoms with Gasteiger partial charge in [0.25, 0.3) is 5.91 Å². The van der Waals surface area contributed by atoms with Crippen LogP contribution in [0.2, 0.25) is 0 Å². The summed E-state index contributed by atoms with van der Waals surface area (Å²) in [7, 11) is 0. The number of nitrogens with zero attached hydrogens (tertiary/aromatic N) is 2. The standard InChI is InChI=1S/C14H15N3O3S/c1-8-3-4-10(9(2)16-8)13(18)15-6-5-12-17-11(7-21-12)14(19)20/h3-4,7H,5-6H2,1-2H3,(H,15,18)(H,19,20). The number of aromatic nitrogens is 2. The summed E-state index contributed by atoms with van der Waals surface area (Å²) in [6, 6.07) is 3.54. The number of amides is 1. The minimum absolute atomic E-state index is 0.0416. The number of rotatable bonds is 5. The molecule has 1 amide bonds. The molecule has 0 radical (unpaired) electrons. The molecule has 0 bridgehead atoms. The zero-order valence-corrected chi connectivity index (χ0v) is 12.5. The Morgan fingerprint density at radius 3 is 2.67 bits per heavy atom. The minimum Gasteiger partial charge on any atom is -0.476 e. The molecule has 0 spiro atoms. The fourth-order valence-corrected chi connectivity index (χ4v) is 2.60. The molecule has 2 heterocycles. The van der Waals surface area contributed by atoms with Crippen molar-refractivity contribution >= 4 is 23.2 Å². The first-order valence-electron chi connectivity index (χ1n) is 6.37. The third kappa shape index (κ3) is 3.85. The van der Waals surface area contributed by atoms with E-state index in [1.165, 1.54) is 16.7 Å². The molecule has 0 saturated heterocycles. The van der Waals surface area contributed by atoms with Crippen LogP contribution in [-0.4, -0.2) is 33.5 Å². The third-order valence-corrected chi connectivity index (χ3v) is 3.77. The van der Waals surface area contributed by atoms with Gasteiger partial charge >= 0.3 is 5.97 Å². The first-order chi connectivity index (χ1) is 9.97. The number of aryl methyl sites for hydroxylation is 2. The molecule has 7 heteroatoms. The zero-order valence-electron chi connectivity index (χ0n) is 11.7. The van der Waals surface area contributed by atoms with Crippen LogP contribution < -0.4 is 5.32 Å². The second kappa shape index (κ2) is 6.45. The van der Waals surface area contributed by atoms with Crippen molar-refractivity contribution in [3.05, 3.63) is 45.2 Å². The van der Waals surface area contributed by atoms with Crippen LogP contribution in [-0.2, 0) is 6.42 Å². The van der Waals surface area contributed by atoms with Crippen LogP contribution in [0.25, 0.3) is 0 Å². The number of nitrogens with one attached hydrogen (secondary N) is 1. The summed E-state index contributed by atoms with van der Waals surface area (Å²) in [6.45, 7) is 4.07. The first-order valence-corrected chi connectivity index (χ1v) is 7.25. The predicted octanol–water partition coefficient (Wildman–Crippen LogP) is 1.83. The Balaban J connectivity index is 1.90. The van der Waals surface area contributed by atoms with Gasteiger partial charge in [0.2, 0.25) is 0 Å². The highest BCUT2D eigenvalue weighted by Gasteiger charge is 2.11. The smallest absolute Gasteiger partial charge is 0.355 e.